The molecule has 26 heavy (non-hydrogen) atoms. The molecule has 1 amide bonds. The number of hydrogen-bond acceptors (Lipinski definition) is 5. The first-order chi connectivity index (χ1) is 12.7. The van der Waals surface area contributed by atoms with Crippen molar-refractivity contribution in [2.75, 3.05) is 16.8 Å². The summed E-state index contributed by atoms with van der Waals surface area (Å²) in [7, 11) is 0. The second-order valence-corrected chi connectivity index (χ2v) is 5.46. The lowest BCUT2D eigenvalue weighted by atomic mass is 10.2. The highest BCUT2D eigenvalue weighted by atomic mass is 16.1. The van der Waals surface area contributed by atoms with Crippen molar-refractivity contribution in [2.45, 2.75) is 6.92 Å². The first kappa shape index (κ1) is 17.1. The van der Waals surface area contributed by atoms with Gasteiger partial charge in [-0.3, -0.25) is 4.79 Å². The zero-order valence-electron chi connectivity index (χ0n) is 14.3. The van der Waals surface area contributed by atoms with E-state index in [0.29, 0.717) is 29.3 Å². The minimum atomic E-state index is -0.359. The number of amides is 1. The second-order valence-electron chi connectivity index (χ2n) is 5.46. The summed E-state index contributed by atoms with van der Waals surface area (Å²) >= 11 is 0. The van der Waals surface area contributed by atoms with Crippen LogP contribution in [0, 0.1) is 11.3 Å². The fourth-order valence-electron chi connectivity index (χ4n) is 2.51. The van der Waals surface area contributed by atoms with E-state index in [4.69, 9.17) is 5.26 Å². The number of anilines is 3. The summed E-state index contributed by atoms with van der Waals surface area (Å²) in [5.41, 5.74) is 2.17. The molecule has 0 aliphatic heterocycles. The molecule has 3 aromatic rings. The molecular weight excluding hydrogens is 326 g/mol. The van der Waals surface area contributed by atoms with Crippen LogP contribution in [0.15, 0.2) is 67.0 Å². The second kappa shape index (κ2) is 7.90. The van der Waals surface area contributed by atoms with E-state index >= 15 is 0 Å². The van der Waals surface area contributed by atoms with Crippen molar-refractivity contribution in [2.24, 2.45) is 0 Å². The molecule has 3 rings (SSSR count). The summed E-state index contributed by atoms with van der Waals surface area (Å²) in [4.78, 5) is 23.0. The Balaban J connectivity index is 1.79. The number of hydrogen-bond donors (Lipinski definition) is 1. The third-order valence-corrected chi connectivity index (χ3v) is 3.82. The Labute approximate surface area is 151 Å². The Bertz CT molecular complexity index is 932. The summed E-state index contributed by atoms with van der Waals surface area (Å²) in [5, 5.41) is 11.8. The van der Waals surface area contributed by atoms with Crippen molar-refractivity contribution in [3.63, 3.8) is 0 Å². The first-order valence-electron chi connectivity index (χ1n) is 8.18. The molecule has 1 aromatic heterocycles. The molecule has 0 fully saturated rings. The third-order valence-electron chi connectivity index (χ3n) is 3.82. The number of nitrogens with zero attached hydrogens (tertiary/aromatic N) is 4. The third kappa shape index (κ3) is 3.68. The summed E-state index contributed by atoms with van der Waals surface area (Å²) in [6, 6.07) is 18.7. The van der Waals surface area contributed by atoms with Gasteiger partial charge in [0.15, 0.2) is 0 Å². The van der Waals surface area contributed by atoms with Crippen LogP contribution in [0.5, 0.6) is 0 Å². The van der Waals surface area contributed by atoms with Gasteiger partial charge in [-0.25, -0.2) is 9.97 Å². The number of para-hydroxylation sites is 2. The van der Waals surface area contributed by atoms with E-state index in [0.717, 1.165) is 5.69 Å². The molecule has 6 heteroatoms. The average Bonchev–Trinajstić information content (AvgIpc) is 2.70. The molecule has 2 aromatic carbocycles. The maximum absolute atomic E-state index is 12.4. The standard InChI is InChI=1S/C20H17N5O/c1-2-25(17-9-4-3-5-10-17)20-22-13-16(14-23-20)19(26)24-18-11-7-6-8-15(18)12-21/h3-11,13-14H,2H2,1H3,(H,24,26). The number of rotatable bonds is 5. The number of carbonyl (C=O) groups excluding carboxylic acids is 1. The van der Waals surface area contributed by atoms with Gasteiger partial charge in [-0.05, 0) is 31.2 Å². The minimum absolute atomic E-state index is 0.325. The van der Waals surface area contributed by atoms with E-state index in [2.05, 4.69) is 15.3 Å². The normalized spacial score (nSPS) is 10.0. The highest BCUT2D eigenvalue weighted by molar-refractivity contribution is 6.04. The Kier molecular flexibility index (Phi) is 5.20. The van der Waals surface area contributed by atoms with E-state index in [1.807, 2.05) is 48.2 Å². The SMILES string of the molecule is CCN(c1ccccc1)c1ncc(C(=O)Nc2ccccc2C#N)cn1. The minimum Gasteiger partial charge on any atom is -0.321 e. The van der Waals surface area contributed by atoms with Gasteiger partial charge in [-0.15, -0.1) is 0 Å². The zero-order chi connectivity index (χ0) is 18.4. The van der Waals surface area contributed by atoms with Crippen molar-refractivity contribution < 1.29 is 4.79 Å². The number of nitrogens with one attached hydrogen (secondary N) is 1. The van der Waals surface area contributed by atoms with Gasteiger partial charge in [-0.2, -0.15) is 5.26 Å². The van der Waals surface area contributed by atoms with Gasteiger partial charge in [0.2, 0.25) is 5.95 Å². The van der Waals surface area contributed by atoms with Gasteiger partial charge in [0, 0.05) is 24.6 Å². The predicted molar refractivity (Wildman–Crippen MR) is 100 cm³/mol. The van der Waals surface area contributed by atoms with Crippen molar-refractivity contribution >= 4 is 23.2 Å². The smallest absolute Gasteiger partial charge is 0.258 e. The molecule has 0 unspecified atom stereocenters. The molecular formula is C20H17N5O. The molecule has 0 aliphatic rings. The lowest BCUT2D eigenvalue weighted by Gasteiger charge is -2.20. The number of aromatic nitrogens is 2. The van der Waals surface area contributed by atoms with Crippen LogP contribution >= 0.6 is 0 Å². The van der Waals surface area contributed by atoms with Crippen LogP contribution in [0.3, 0.4) is 0 Å². The fourth-order valence-corrected chi connectivity index (χ4v) is 2.51. The Hall–Kier alpha value is -3.72. The van der Waals surface area contributed by atoms with Crippen LogP contribution in [0.25, 0.3) is 0 Å². The lowest BCUT2D eigenvalue weighted by molar-refractivity contribution is 0.102. The largest absolute Gasteiger partial charge is 0.321 e. The van der Waals surface area contributed by atoms with Crippen LogP contribution in [-0.2, 0) is 0 Å². The van der Waals surface area contributed by atoms with Crippen molar-refractivity contribution in [3.8, 4) is 6.07 Å². The average molecular weight is 343 g/mol. The van der Waals surface area contributed by atoms with Gasteiger partial charge >= 0.3 is 0 Å². The molecule has 0 radical (unpaired) electrons. The molecule has 1 heterocycles. The Morgan fingerprint density at radius 3 is 2.38 bits per heavy atom. The highest BCUT2D eigenvalue weighted by Gasteiger charge is 2.13. The molecule has 1 N–H and O–H groups in total. The van der Waals surface area contributed by atoms with Gasteiger partial charge < -0.3 is 10.2 Å². The van der Waals surface area contributed by atoms with Gasteiger partial charge in [0.1, 0.15) is 6.07 Å². The number of benzene rings is 2. The molecule has 0 bridgehead atoms. The van der Waals surface area contributed by atoms with Crippen molar-refractivity contribution in [3.05, 3.63) is 78.1 Å². The maximum Gasteiger partial charge on any atom is 0.258 e. The van der Waals surface area contributed by atoms with Gasteiger partial charge in [0.25, 0.3) is 5.91 Å². The molecule has 0 saturated carbocycles. The Morgan fingerprint density at radius 2 is 1.73 bits per heavy atom. The highest BCUT2D eigenvalue weighted by Crippen LogP contribution is 2.21. The van der Waals surface area contributed by atoms with E-state index in [9.17, 15) is 4.79 Å². The maximum atomic E-state index is 12.4. The summed E-state index contributed by atoms with van der Waals surface area (Å²) in [5.74, 6) is 0.162. The molecule has 0 saturated heterocycles. The molecule has 128 valence electrons. The summed E-state index contributed by atoms with van der Waals surface area (Å²) in [6.07, 6.45) is 2.97. The van der Waals surface area contributed by atoms with Crippen molar-refractivity contribution in [1.82, 2.24) is 9.97 Å². The first-order valence-corrected chi connectivity index (χ1v) is 8.18. The lowest BCUT2D eigenvalue weighted by Crippen LogP contribution is -2.20. The molecule has 0 spiro atoms. The van der Waals surface area contributed by atoms with E-state index in [-0.39, 0.29) is 5.91 Å². The summed E-state index contributed by atoms with van der Waals surface area (Å²) < 4.78 is 0. The number of nitriles is 1. The fraction of sp³-hybridized carbons (Fsp3) is 0.100. The number of carbonyl (C=O) groups is 1. The molecule has 0 atom stereocenters. The van der Waals surface area contributed by atoms with Crippen LogP contribution < -0.4 is 10.2 Å². The van der Waals surface area contributed by atoms with Crippen LogP contribution in [0.4, 0.5) is 17.3 Å². The Morgan fingerprint density at radius 1 is 1.08 bits per heavy atom. The van der Waals surface area contributed by atoms with Crippen LogP contribution in [0.2, 0.25) is 0 Å². The monoisotopic (exact) mass is 343 g/mol. The summed E-state index contributed by atoms with van der Waals surface area (Å²) in [6.45, 7) is 2.71. The van der Waals surface area contributed by atoms with E-state index in [1.165, 1.54) is 12.4 Å². The topological polar surface area (TPSA) is 81.9 Å². The van der Waals surface area contributed by atoms with E-state index in [1.54, 1.807) is 24.3 Å². The van der Waals surface area contributed by atoms with Crippen molar-refractivity contribution in [1.29, 1.82) is 5.26 Å². The molecule has 6 nitrogen and oxygen atoms in total. The van der Waals surface area contributed by atoms with Gasteiger partial charge in [-0.1, -0.05) is 30.3 Å². The quantitative estimate of drug-likeness (QED) is 0.763. The van der Waals surface area contributed by atoms with Gasteiger partial charge in [0.05, 0.1) is 16.8 Å². The predicted octanol–water partition coefficient (Wildman–Crippen LogP) is 3.76. The zero-order valence-corrected chi connectivity index (χ0v) is 14.3. The van der Waals surface area contributed by atoms with Crippen LogP contribution in [0.1, 0.15) is 22.8 Å². The van der Waals surface area contributed by atoms with Crippen LogP contribution in [-0.4, -0.2) is 22.4 Å². The van der Waals surface area contributed by atoms with E-state index < -0.39 is 0 Å². The molecule has 0 aliphatic carbocycles.